The fourth-order valence-electron chi connectivity index (χ4n) is 1.35. The highest BCUT2D eigenvalue weighted by molar-refractivity contribution is 7.07. The second-order valence-electron chi connectivity index (χ2n) is 3.83. The van der Waals surface area contributed by atoms with Crippen LogP contribution in [0.3, 0.4) is 0 Å². The second-order valence-corrected chi connectivity index (χ2v) is 4.61. The lowest BCUT2D eigenvalue weighted by Crippen LogP contribution is -2.24. The van der Waals surface area contributed by atoms with Crippen molar-refractivity contribution in [2.24, 2.45) is 0 Å². The first-order valence-corrected chi connectivity index (χ1v) is 6.05. The van der Waals surface area contributed by atoms with Gasteiger partial charge in [0.05, 0.1) is 6.54 Å². The van der Waals surface area contributed by atoms with Gasteiger partial charge < -0.3 is 5.32 Å². The maximum absolute atomic E-state index is 11.4. The molecule has 1 aromatic rings. The highest BCUT2D eigenvalue weighted by Crippen LogP contribution is 2.18. The highest BCUT2D eigenvalue weighted by Gasteiger charge is 2.20. The molecule has 0 bridgehead atoms. The van der Waals surface area contributed by atoms with E-state index in [4.69, 9.17) is 0 Å². The molecule has 0 radical (unpaired) electrons. The van der Waals surface area contributed by atoms with E-state index in [2.05, 4.69) is 22.1 Å². The molecule has 0 amide bonds. The summed E-state index contributed by atoms with van der Waals surface area (Å²) in [7, 11) is 0. The number of hydrogen-bond acceptors (Lipinski definition) is 3. The van der Waals surface area contributed by atoms with Crippen molar-refractivity contribution in [2.75, 3.05) is 6.54 Å². The Balaban J connectivity index is 1.62. The van der Waals surface area contributed by atoms with Crippen LogP contribution in [0.1, 0.15) is 24.8 Å². The minimum Gasteiger partial charge on any atom is -0.307 e. The average Bonchev–Trinajstić information content (AvgIpc) is 2.87. The largest absolute Gasteiger partial charge is 0.307 e. The van der Waals surface area contributed by atoms with Gasteiger partial charge in [-0.05, 0) is 41.7 Å². The molecule has 2 nitrogen and oxygen atoms in total. The number of rotatable bonds is 6. The van der Waals surface area contributed by atoms with E-state index >= 15 is 0 Å². The van der Waals surface area contributed by atoms with Gasteiger partial charge in [0, 0.05) is 12.5 Å². The zero-order valence-corrected chi connectivity index (χ0v) is 8.98. The molecule has 0 aliphatic heterocycles. The smallest absolute Gasteiger partial charge is 0.146 e. The highest BCUT2D eigenvalue weighted by atomic mass is 32.1. The molecular weight excluding hydrogens is 194 g/mol. The van der Waals surface area contributed by atoms with E-state index in [1.54, 1.807) is 11.3 Å². The minimum absolute atomic E-state index is 0.336. The Bertz CT molecular complexity index is 290. The molecule has 1 heterocycles. The van der Waals surface area contributed by atoms with Crippen molar-refractivity contribution in [1.82, 2.24) is 5.32 Å². The standard InChI is InChI=1S/C11H15NOS/c13-11(7-12-10-2-3-10)4-1-9-5-6-14-8-9/h5-6,8,10,12H,1-4,7H2. The van der Waals surface area contributed by atoms with Crippen molar-refractivity contribution in [2.45, 2.75) is 31.7 Å². The second kappa shape index (κ2) is 4.71. The number of nitrogens with one attached hydrogen (secondary N) is 1. The van der Waals surface area contributed by atoms with Crippen molar-refractivity contribution in [3.05, 3.63) is 22.4 Å². The van der Waals surface area contributed by atoms with Crippen LogP contribution in [0.25, 0.3) is 0 Å². The van der Waals surface area contributed by atoms with Crippen molar-refractivity contribution in [3.8, 4) is 0 Å². The lowest BCUT2D eigenvalue weighted by Gasteiger charge is -2.00. The Morgan fingerprint density at radius 3 is 3.07 bits per heavy atom. The quantitative estimate of drug-likeness (QED) is 0.776. The maximum Gasteiger partial charge on any atom is 0.146 e. The molecule has 1 fully saturated rings. The summed E-state index contributed by atoms with van der Waals surface area (Å²) in [6.07, 6.45) is 4.07. The van der Waals surface area contributed by atoms with E-state index < -0.39 is 0 Å². The van der Waals surface area contributed by atoms with Crippen LogP contribution >= 0.6 is 11.3 Å². The predicted octanol–water partition coefficient (Wildman–Crippen LogP) is 2.00. The molecule has 1 N–H and O–H groups in total. The van der Waals surface area contributed by atoms with Gasteiger partial charge >= 0.3 is 0 Å². The number of ketones is 1. The van der Waals surface area contributed by atoms with Crippen LogP contribution in [-0.4, -0.2) is 18.4 Å². The molecule has 1 aromatic heterocycles. The van der Waals surface area contributed by atoms with E-state index in [1.165, 1.54) is 18.4 Å². The molecule has 0 spiro atoms. The predicted molar refractivity (Wildman–Crippen MR) is 58.7 cm³/mol. The summed E-state index contributed by atoms with van der Waals surface area (Å²) in [6.45, 7) is 0.564. The van der Waals surface area contributed by atoms with Crippen LogP contribution in [0.2, 0.25) is 0 Å². The van der Waals surface area contributed by atoms with Gasteiger partial charge in [-0.15, -0.1) is 0 Å². The molecule has 1 aliphatic rings. The summed E-state index contributed by atoms with van der Waals surface area (Å²) in [5.74, 6) is 0.336. The zero-order chi connectivity index (χ0) is 9.80. The molecule has 1 saturated carbocycles. The summed E-state index contributed by atoms with van der Waals surface area (Å²) in [6, 6.07) is 2.73. The molecule has 76 valence electrons. The van der Waals surface area contributed by atoms with Gasteiger partial charge in [-0.2, -0.15) is 11.3 Å². The third kappa shape index (κ3) is 3.24. The van der Waals surface area contributed by atoms with E-state index in [-0.39, 0.29) is 0 Å². The molecule has 0 unspecified atom stereocenters. The van der Waals surface area contributed by atoms with Crippen LogP contribution in [0.4, 0.5) is 0 Å². The van der Waals surface area contributed by atoms with Gasteiger partial charge in [0.15, 0.2) is 0 Å². The number of hydrogen-bond donors (Lipinski definition) is 1. The molecule has 3 heteroatoms. The number of Topliss-reactive ketones (excluding diaryl/α,β-unsaturated/α-hetero) is 1. The summed E-state index contributed by atoms with van der Waals surface area (Å²) in [5.41, 5.74) is 1.29. The molecule has 0 saturated heterocycles. The van der Waals surface area contributed by atoms with Crippen LogP contribution in [0.5, 0.6) is 0 Å². The Kier molecular flexibility index (Phi) is 3.32. The van der Waals surface area contributed by atoms with Gasteiger partial charge in [-0.1, -0.05) is 0 Å². The van der Waals surface area contributed by atoms with E-state index in [1.807, 2.05) is 0 Å². The number of aryl methyl sites for hydroxylation is 1. The van der Waals surface area contributed by atoms with Crippen LogP contribution in [0, 0.1) is 0 Å². The Hall–Kier alpha value is -0.670. The summed E-state index contributed by atoms with van der Waals surface area (Å²) in [5, 5.41) is 7.41. The van der Waals surface area contributed by atoms with Crippen LogP contribution in [0.15, 0.2) is 16.8 Å². The van der Waals surface area contributed by atoms with Gasteiger partial charge in [-0.25, -0.2) is 0 Å². The third-order valence-electron chi connectivity index (χ3n) is 2.44. The van der Waals surface area contributed by atoms with Gasteiger partial charge in [0.2, 0.25) is 0 Å². The molecule has 2 rings (SSSR count). The van der Waals surface area contributed by atoms with Crippen molar-refractivity contribution < 1.29 is 4.79 Å². The lowest BCUT2D eigenvalue weighted by atomic mass is 10.1. The first-order chi connectivity index (χ1) is 6.84. The summed E-state index contributed by atoms with van der Waals surface area (Å²) >= 11 is 1.69. The van der Waals surface area contributed by atoms with Crippen molar-refractivity contribution in [3.63, 3.8) is 0 Å². The fourth-order valence-corrected chi connectivity index (χ4v) is 2.06. The maximum atomic E-state index is 11.4. The SMILES string of the molecule is O=C(CCc1ccsc1)CNC1CC1. The third-order valence-corrected chi connectivity index (χ3v) is 3.17. The molecule has 1 aliphatic carbocycles. The zero-order valence-electron chi connectivity index (χ0n) is 8.16. The normalized spacial score (nSPS) is 15.7. The van der Waals surface area contributed by atoms with Gasteiger partial charge in [0.1, 0.15) is 5.78 Å². The minimum atomic E-state index is 0.336. The average molecular weight is 209 g/mol. The lowest BCUT2D eigenvalue weighted by molar-refractivity contribution is -0.118. The van der Waals surface area contributed by atoms with E-state index in [9.17, 15) is 4.79 Å². The van der Waals surface area contributed by atoms with Crippen LogP contribution < -0.4 is 5.32 Å². The molecule has 14 heavy (non-hydrogen) atoms. The Labute approximate surface area is 88.3 Å². The molecular formula is C11H15NOS. The van der Waals surface area contributed by atoms with Gasteiger partial charge in [-0.3, -0.25) is 4.79 Å². The first-order valence-electron chi connectivity index (χ1n) is 5.11. The Morgan fingerprint density at radius 2 is 2.43 bits per heavy atom. The monoisotopic (exact) mass is 209 g/mol. The Morgan fingerprint density at radius 1 is 1.57 bits per heavy atom. The number of thiophene rings is 1. The van der Waals surface area contributed by atoms with Crippen molar-refractivity contribution >= 4 is 17.1 Å². The van der Waals surface area contributed by atoms with E-state index in [0.717, 1.165) is 6.42 Å². The van der Waals surface area contributed by atoms with Gasteiger partial charge in [0.25, 0.3) is 0 Å². The fraction of sp³-hybridized carbons (Fsp3) is 0.545. The summed E-state index contributed by atoms with van der Waals surface area (Å²) < 4.78 is 0. The molecule has 0 atom stereocenters. The summed E-state index contributed by atoms with van der Waals surface area (Å²) in [4.78, 5) is 11.4. The molecule has 0 aromatic carbocycles. The number of carbonyl (C=O) groups is 1. The van der Waals surface area contributed by atoms with Crippen LogP contribution in [-0.2, 0) is 11.2 Å². The number of carbonyl (C=O) groups excluding carboxylic acids is 1. The topological polar surface area (TPSA) is 29.1 Å². The van der Waals surface area contributed by atoms with Crippen molar-refractivity contribution in [1.29, 1.82) is 0 Å². The first kappa shape index (κ1) is 9.87. The van der Waals surface area contributed by atoms with E-state index in [0.29, 0.717) is 24.8 Å².